The average Bonchev–Trinajstić information content (AvgIpc) is 3.47. The molecule has 1 fully saturated rings. The second-order valence-electron chi connectivity index (χ2n) is 6.76. The summed E-state index contributed by atoms with van der Waals surface area (Å²) in [5.74, 6) is -0.766. The molecule has 1 amide bonds. The lowest BCUT2D eigenvalue weighted by Gasteiger charge is -2.29. The lowest BCUT2D eigenvalue weighted by molar-refractivity contribution is -0.123. The Labute approximate surface area is 150 Å². The highest BCUT2D eigenvalue weighted by Gasteiger charge is 2.45. The van der Waals surface area contributed by atoms with Crippen molar-refractivity contribution >= 4 is 17.0 Å². The van der Waals surface area contributed by atoms with Gasteiger partial charge in [-0.05, 0) is 36.5 Å². The van der Waals surface area contributed by atoms with Crippen LogP contribution in [0.25, 0.3) is 11.1 Å². The van der Waals surface area contributed by atoms with E-state index in [0.29, 0.717) is 11.1 Å². The van der Waals surface area contributed by atoms with Gasteiger partial charge in [0.05, 0.1) is 12.1 Å². The van der Waals surface area contributed by atoms with Gasteiger partial charge < -0.3 is 14.8 Å². The van der Waals surface area contributed by atoms with Crippen molar-refractivity contribution < 1.29 is 14.3 Å². The molecular formula is C20H20N2O4. The van der Waals surface area contributed by atoms with Crippen LogP contribution in [0.2, 0.25) is 0 Å². The molecule has 0 unspecified atom stereocenters. The molecular weight excluding hydrogens is 332 g/mol. The van der Waals surface area contributed by atoms with Crippen molar-refractivity contribution in [3.63, 3.8) is 0 Å². The highest BCUT2D eigenvalue weighted by molar-refractivity contribution is 5.79. The van der Waals surface area contributed by atoms with Gasteiger partial charge >= 0.3 is 5.76 Å². The number of carbonyl (C=O) groups excluding carboxylic acids is 1. The van der Waals surface area contributed by atoms with Crippen molar-refractivity contribution in [1.82, 2.24) is 9.88 Å². The molecule has 1 aliphatic rings. The van der Waals surface area contributed by atoms with Crippen molar-refractivity contribution in [3.05, 3.63) is 70.7 Å². The molecule has 6 nitrogen and oxygen atoms in total. The normalized spacial score (nSPS) is 16.3. The van der Waals surface area contributed by atoms with Gasteiger partial charge in [-0.15, -0.1) is 0 Å². The van der Waals surface area contributed by atoms with Gasteiger partial charge in [0.2, 0.25) is 5.91 Å². The maximum absolute atomic E-state index is 12.4. The highest BCUT2D eigenvalue weighted by atomic mass is 16.4. The lowest BCUT2D eigenvalue weighted by atomic mass is 9.88. The lowest BCUT2D eigenvalue weighted by Crippen LogP contribution is -2.43. The molecule has 0 aliphatic heterocycles. The fourth-order valence-corrected chi connectivity index (χ4v) is 3.37. The van der Waals surface area contributed by atoms with Crippen LogP contribution in [0, 0.1) is 5.92 Å². The monoisotopic (exact) mass is 352 g/mol. The quantitative estimate of drug-likeness (QED) is 0.711. The first kappa shape index (κ1) is 16.6. The molecule has 0 bridgehead atoms. The minimum Gasteiger partial charge on any atom is -0.408 e. The fourth-order valence-electron chi connectivity index (χ4n) is 3.37. The van der Waals surface area contributed by atoms with Crippen molar-refractivity contribution in [2.45, 2.75) is 25.0 Å². The Bertz CT molecular complexity index is 988. The molecule has 0 spiro atoms. The fraction of sp³-hybridized carbons (Fsp3) is 0.300. The van der Waals surface area contributed by atoms with E-state index in [1.165, 1.54) is 4.57 Å². The molecule has 26 heavy (non-hydrogen) atoms. The zero-order chi connectivity index (χ0) is 18.1. The predicted octanol–water partition coefficient (Wildman–Crippen LogP) is 2.01. The maximum atomic E-state index is 12.4. The number of aromatic nitrogens is 1. The zero-order valence-electron chi connectivity index (χ0n) is 14.2. The number of amides is 1. The Kier molecular flexibility index (Phi) is 4.12. The number of aliphatic hydroxyl groups is 1. The third-order valence-electron chi connectivity index (χ3n) is 4.96. The number of benzene rings is 2. The van der Waals surface area contributed by atoms with E-state index < -0.39 is 11.4 Å². The van der Waals surface area contributed by atoms with Gasteiger partial charge in [0.1, 0.15) is 12.1 Å². The molecule has 4 rings (SSSR count). The standard InChI is InChI=1S/C20H20N2O4/c23-18(12-22-16-8-4-5-9-17(16)26-19(22)24)21-13-20(25,15-10-11-15)14-6-2-1-3-7-14/h1-9,15,25H,10-13H2,(H,21,23)/t20-/m1/s1. The molecule has 1 aromatic heterocycles. The Hall–Kier alpha value is -2.86. The average molecular weight is 352 g/mol. The Morgan fingerprint density at radius 2 is 1.85 bits per heavy atom. The van der Waals surface area contributed by atoms with E-state index in [9.17, 15) is 14.7 Å². The number of hydrogen-bond acceptors (Lipinski definition) is 4. The topological polar surface area (TPSA) is 84.5 Å². The third kappa shape index (κ3) is 3.04. The molecule has 134 valence electrons. The number of oxazole rings is 1. The van der Waals surface area contributed by atoms with Crippen LogP contribution in [-0.2, 0) is 16.9 Å². The number of fused-ring (bicyclic) bond motifs is 1. The first-order valence-corrected chi connectivity index (χ1v) is 8.71. The number of nitrogens with one attached hydrogen (secondary N) is 1. The first-order chi connectivity index (χ1) is 12.6. The van der Waals surface area contributed by atoms with E-state index in [4.69, 9.17) is 4.42 Å². The van der Waals surface area contributed by atoms with Crippen LogP contribution >= 0.6 is 0 Å². The summed E-state index contributed by atoms with van der Waals surface area (Å²) in [5, 5.41) is 13.9. The summed E-state index contributed by atoms with van der Waals surface area (Å²) < 4.78 is 6.44. The number of para-hydroxylation sites is 2. The minimum absolute atomic E-state index is 0.116. The maximum Gasteiger partial charge on any atom is 0.420 e. The van der Waals surface area contributed by atoms with Gasteiger partial charge in [-0.2, -0.15) is 0 Å². The largest absolute Gasteiger partial charge is 0.420 e. The third-order valence-corrected chi connectivity index (χ3v) is 4.96. The van der Waals surface area contributed by atoms with Gasteiger partial charge in [-0.25, -0.2) is 4.79 Å². The van der Waals surface area contributed by atoms with Crippen LogP contribution in [0.4, 0.5) is 0 Å². The second-order valence-corrected chi connectivity index (χ2v) is 6.76. The summed E-state index contributed by atoms with van der Waals surface area (Å²) >= 11 is 0. The molecule has 1 saturated carbocycles. The van der Waals surface area contributed by atoms with E-state index in [1.54, 1.807) is 24.3 Å². The van der Waals surface area contributed by atoms with Gasteiger partial charge in [-0.1, -0.05) is 42.5 Å². The Balaban J connectivity index is 1.49. The van der Waals surface area contributed by atoms with Crippen LogP contribution in [-0.4, -0.2) is 22.1 Å². The highest BCUT2D eigenvalue weighted by Crippen LogP contribution is 2.45. The van der Waals surface area contributed by atoms with Gasteiger partial charge in [0.25, 0.3) is 0 Å². The van der Waals surface area contributed by atoms with Gasteiger partial charge in [0, 0.05) is 0 Å². The molecule has 2 N–H and O–H groups in total. The Morgan fingerprint density at radius 3 is 2.58 bits per heavy atom. The number of rotatable bonds is 6. The summed E-state index contributed by atoms with van der Waals surface area (Å²) in [5.41, 5.74) is 0.742. The van der Waals surface area contributed by atoms with Crippen molar-refractivity contribution in [2.24, 2.45) is 5.92 Å². The molecule has 0 saturated heterocycles. The summed E-state index contributed by atoms with van der Waals surface area (Å²) in [7, 11) is 0. The molecule has 1 aliphatic carbocycles. The molecule has 1 heterocycles. The van der Waals surface area contributed by atoms with Crippen molar-refractivity contribution in [2.75, 3.05) is 6.54 Å². The van der Waals surface area contributed by atoms with Crippen LogP contribution in [0.5, 0.6) is 0 Å². The van der Waals surface area contributed by atoms with E-state index in [0.717, 1.165) is 18.4 Å². The summed E-state index contributed by atoms with van der Waals surface area (Å²) in [6.07, 6.45) is 1.88. The summed E-state index contributed by atoms with van der Waals surface area (Å²) in [6.45, 7) is -0.0313. The smallest absolute Gasteiger partial charge is 0.408 e. The first-order valence-electron chi connectivity index (χ1n) is 8.71. The molecule has 3 aromatic rings. The van der Waals surface area contributed by atoms with E-state index in [1.807, 2.05) is 30.3 Å². The van der Waals surface area contributed by atoms with Crippen LogP contribution < -0.4 is 11.1 Å². The Morgan fingerprint density at radius 1 is 1.15 bits per heavy atom. The summed E-state index contributed by atoms with van der Waals surface area (Å²) in [4.78, 5) is 24.4. The molecule has 1 atom stereocenters. The molecule has 2 aromatic carbocycles. The second kappa shape index (κ2) is 6.46. The zero-order valence-corrected chi connectivity index (χ0v) is 14.2. The van der Waals surface area contributed by atoms with Gasteiger partial charge in [0.15, 0.2) is 5.58 Å². The van der Waals surface area contributed by atoms with Crippen LogP contribution in [0.15, 0.2) is 63.8 Å². The van der Waals surface area contributed by atoms with E-state index in [2.05, 4.69) is 5.32 Å². The molecule has 6 heteroatoms. The number of nitrogens with zero attached hydrogens (tertiary/aromatic N) is 1. The summed E-state index contributed by atoms with van der Waals surface area (Å²) in [6, 6.07) is 16.4. The van der Waals surface area contributed by atoms with Crippen LogP contribution in [0.1, 0.15) is 18.4 Å². The van der Waals surface area contributed by atoms with Crippen molar-refractivity contribution in [1.29, 1.82) is 0 Å². The van der Waals surface area contributed by atoms with E-state index >= 15 is 0 Å². The number of hydrogen-bond donors (Lipinski definition) is 2. The van der Waals surface area contributed by atoms with Crippen LogP contribution in [0.3, 0.4) is 0 Å². The number of carbonyl (C=O) groups is 1. The predicted molar refractivity (Wildman–Crippen MR) is 96.5 cm³/mol. The van der Waals surface area contributed by atoms with Gasteiger partial charge in [-0.3, -0.25) is 9.36 Å². The van der Waals surface area contributed by atoms with E-state index in [-0.39, 0.29) is 24.9 Å². The minimum atomic E-state index is -1.08. The molecule has 0 radical (unpaired) electrons. The van der Waals surface area contributed by atoms with Crippen molar-refractivity contribution in [3.8, 4) is 0 Å². The SMILES string of the molecule is O=C(Cn1c(=O)oc2ccccc21)NC[C@@](O)(c1ccccc1)C1CC1.